The van der Waals surface area contributed by atoms with Gasteiger partial charge in [-0.3, -0.25) is 14.9 Å². The van der Waals surface area contributed by atoms with Gasteiger partial charge in [-0.15, -0.1) is 0 Å². The molecule has 34 heavy (non-hydrogen) atoms. The second-order valence-corrected chi connectivity index (χ2v) is 9.54. The van der Waals surface area contributed by atoms with Crippen molar-refractivity contribution in [1.29, 1.82) is 0 Å². The third-order valence-electron chi connectivity index (χ3n) is 6.21. The molecule has 1 atom stereocenters. The molecule has 0 bridgehead atoms. The van der Waals surface area contributed by atoms with E-state index in [1.165, 1.54) is 23.4 Å². The summed E-state index contributed by atoms with van der Waals surface area (Å²) in [7, 11) is 0. The van der Waals surface area contributed by atoms with Crippen LogP contribution in [0.5, 0.6) is 5.75 Å². The Morgan fingerprint density at radius 2 is 2.03 bits per heavy atom. The zero-order valence-electron chi connectivity index (χ0n) is 19.2. The number of rotatable bonds is 7. The van der Waals surface area contributed by atoms with E-state index in [0.717, 1.165) is 25.7 Å². The maximum Gasteiger partial charge on any atom is 0.312 e. The number of ether oxygens (including phenoxy) is 1. The number of nitro groups is 1. The Morgan fingerprint density at radius 1 is 1.29 bits per heavy atom. The van der Waals surface area contributed by atoms with Crippen LogP contribution >= 0.6 is 15.9 Å². The van der Waals surface area contributed by atoms with Gasteiger partial charge in [0.25, 0.3) is 5.56 Å². The molecule has 0 aliphatic heterocycles. The molecule has 0 spiro atoms. The van der Waals surface area contributed by atoms with Crippen LogP contribution < -0.4 is 10.3 Å². The van der Waals surface area contributed by atoms with E-state index in [1.807, 2.05) is 26.0 Å². The van der Waals surface area contributed by atoms with Crippen molar-refractivity contribution in [3.05, 3.63) is 72.7 Å². The maximum atomic E-state index is 13.4. The molecule has 1 aromatic heterocycles. The highest BCUT2D eigenvalue weighted by Gasteiger charge is 2.24. The van der Waals surface area contributed by atoms with E-state index in [4.69, 9.17) is 9.72 Å². The van der Waals surface area contributed by atoms with Gasteiger partial charge in [-0.25, -0.2) is 4.98 Å². The van der Waals surface area contributed by atoms with Crippen LogP contribution in [0.15, 0.2) is 50.8 Å². The number of nitrogens with zero attached hydrogens (tertiary/aromatic N) is 4. The highest BCUT2D eigenvalue weighted by atomic mass is 79.9. The van der Waals surface area contributed by atoms with Gasteiger partial charge in [0, 0.05) is 22.0 Å². The summed E-state index contributed by atoms with van der Waals surface area (Å²) in [6.07, 6.45) is 7.16. The van der Waals surface area contributed by atoms with Gasteiger partial charge in [-0.1, -0.05) is 54.2 Å². The molecule has 8 nitrogen and oxygen atoms in total. The van der Waals surface area contributed by atoms with Crippen molar-refractivity contribution in [2.24, 2.45) is 5.10 Å². The highest BCUT2D eigenvalue weighted by molar-refractivity contribution is 9.10. The largest absolute Gasteiger partial charge is 0.483 e. The summed E-state index contributed by atoms with van der Waals surface area (Å²) < 4.78 is 7.80. The van der Waals surface area contributed by atoms with Crippen molar-refractivity contribution in [3.8, 4) is 5.75 Å². The van der Waals surface area contributed by atoms with Gasteiger partial charge in [0.2, 0.25) is 5.75 Å². The van der Waals surface area contributed by atoms with Gasteiger partial charge in [0.1, 0.15) is 5.82 Å². The molecule has 0 unspecified atom stereocenters. The molecule has 0 amide bonds. The lowest BCUT2D eigenvalue weighted by molar-refractivity contribution is -0.386. The first kappa shape index (κ1) is 24.1. The summed E-state index contributed by atoms with van der Waals surface area (Å²) in [6, 6.07) is 10.4. The summed E-state index contributed by atoms with van der Waals surface area (Å²) in [5, 5.41) is 16.7. The third kappa shape index (κ3) is 5.04. The molecule has 178 valence electrons. The standard InChI is InChI=1S/C25H27BrN4O4/c1-3-16(2)34-23-18(13-19(26)14-22(23)30(32)33)15-27-29-24(17-9-5-4-6-10-17)28-21-12-8-7-11-20(21)25(29)31/h7-8,11-17H,3-6,9-10H2,1-2H3/t16-/m1/s1. The molecule has 1 heterocycles. The van der Waals surface area contributed by atoms with E-state index in [0.29, 0.717) is 33.2 Å². The second kappa shape index (κ2) is 10.5. The summed E-state index contributed by atoms with van der Waals surface area (Å²) in [6.45, 7) is 3.80. The highest BCUT2D eigenvalue weighted by Crippen LogP contribution is 2.35. The molecule has 1 aliphatic carbocycles. The number of para-hydroxylation sites is 1. The summed E-state index contributed by atoms with van der Waals surface area (Å²) in [4.78, 5) is 29.5. The van der Waals surface area contributed by atoms with Gasteiger partial charge in [0.05, 0.1) is 28.1 Å². The van der Waals surface area contributed by atoms with E-state index in [1.54, 1.807) is 18.2 Å². The summed E-state index contributed by atoms with van der Waals surface area (Å²) >= 11 is 3.35. The Labute approximate surface area is 205 Å². The van der Waals surface area contributed by atoms with E-state index in [-0.39, 0.29) is 29.0 Å². The maximum absolute atomic E-state index is 13.4. The van der Waals surface area contributed by atoms with Crippen LogP contribution in [-0.4, -0.2) is 26.9 Å². The van der Waals surface area contributed by atoms with Gasteiger partial charge < -0.3 is 4.74 Å². The van der Waals surface area contributed by atoms with Crippen LogP contribution in [-0.2, 0) is 0 Å². The molecule has 0 saturated heterocycles. The van der Waals surface area contributed by atoms with Crippen LogP contribution in [0.4, 0.5) is 5.69 Å². The molecule has 3 aromatic rings. The lowest BCUT2D eigenvalue weighted by Gasteiger charge is -2.22. The van der Waals surface area contributed by atoms with Crippen molar-refractivity contribution in [2.45, 2.75) is 64.4 Å². The van der Waals surface area contributed by atoms with E-state index in [2.05, 4.69) is 21.0 Å². The van der Waals surface area contributed by atoms with Crippen LogP contribution in [0, 0.1) is 10.1 Å². The van der Waals surface area contributed by atoms with Crippen LogP contribution in [0.25, 0.3) is 10.9 Å². The van der Waals surface area contributed by atoms with E-state index >= 15 is 0 Å². The molecule has 0 N–H and O–H groups in total. The number of hydrogen-bond donors (Lipinski definition) is 0. The molecule has 1 saturated carbocycles. The first-order valence-corrected chi connectivity index (χ1v) is 12.4. The topological polar surface area (TPSA) is 99.6 Å². The predicted molar refractivity (Wildman–Crippen MR) is 136 cm³/mol. The first-order chi connectivity index (χ1) is 16.4. The van der Waals surface area contributed by atoms with Crippen molar-refractivity contribution >= 4 is 38.7 Å². The van der Waals surface area contributed by atoms with Gasteiger partial charge in [0.15, 0.2) is 0 Å². The molecule has 9 heteroatoms. The second-order valence-electron chi connectivity index (χ2n) is 8.62. The van der Waals surface area contributed by atoms with E-state index < -0.39 is 4.92 Å². The fourth-order valence-corrected chi connectivity index (χ4v) is 4.71. The SMILES string of the molecule is CC[C@@H](C)Oc1c(C=Nn2c(C3CCCCC3)nc3ccccc3c2=O)cc(Br)cc1[N+](=O)[O-]. The summed E-state index contributed by atoms with van der Waals surface area (Å²) in [5.74, 6) is 0.900. The Bertz CT molecular complexity index is 1300. The normalized spacial score (nSPS) is 15.6. The van der Waals surface area contributed by atoms with Gasteiger partial charge in [-0.2, -0.15) is 9.78 Å². The lowest BCUT2D eigenvalue weighted by Crippen LogP contribution is -2.25. The molecule has 0 radical (unpaired) electrons. The van der Waals surface area contributed by atoms with Gasteiger partial charge in [-0.05, 0) is 44.4 Å². The van der Waals surface area contributed by atoms with E-state index in [9.17, 15) is 14.9 Å². The van der Waals surface area contributed by atoms with Crippen LogP contribution in [0.2, 0.25) is 0 Å². The molecular weight excluding hydrogens is 500 g/mol. The number of fused-ring (bicyclic) bond motifs is 1. The number of benzene rings is 2. The Morgan fingerprint density at radius 3 is 2.74 bits per heavy atom. The van der Waals surface area contributed by atoms with Crippen molar-refractivity contribution in [1.82, 2.24) is 9.66 Å². The summed E-state index contributed by atoms with van der Waals surface area (Å²) in [5.41, 5.74) is 0.651. The fourth-order valence-electron chi connectivity index (χ4n) is 4.24. The molecule has 2 aromatic carbocycles. The predicted octanol–water partition coefficient (Wildman–Crippen LogP) is 6.17. The lowest BCUT2D eigenvalue weighted by atomic mass is 9.88. The third-order valence-corrected chi connectivity index (χ3v) is 6.67. The first-order valence-electron chi connectivity index (χ1n) is 11.6. The van der Waals surface area contributed by atoms with Crippen LogP contribution in [0.3, 0.4) is 0 Å². The Balaban J connectivity index is 1.87. The number of nitro benzene ring substituents is 1. The molecule has 1 aliphatic rings. The minimum atomic E-state index is -0.475. The minimum Gasteiger partial charge on any atom is -0.483 e. The minimum absolute atomic E-state index is 0.132. The average Bonchev–Trinajstić information content (AvgIpc) is 2.84. The van der Waals surface area contributed by atoms with Crippen molar-refractivity contribution < 1.29 is 9.66 Å². The monoisotopic (exact) mass is 526 g/mol. The quantitative estimate of drug-likeness (QED) is 0.208. The van der Waals surface area contributed by atoms with Gasteiger partial charge >= 0.3 is 5.69 Å². The Hall–Kier alpha value is -3.07. The molecule has 4 rings (SSSR count). The van der Waals surface area contributed by atoms with Crippen molar-refractivity contribution in [3.63, 3.8) is 0 Å². The van der Waals surface area contributed by atoms with Crippen molar-refractivity contribution in [2.75, 3.05) is 0 Å². The zero-order valence-corrected chi connectivity index (χ0v) is 20.8. The molecular formula is C25H27BrN4O4. The number of aromatic nitrogens is 2. The smallest absolute Gasteiger partial charge is 0.312 e. The fraction of sp³-hybridized carbons (Fsp3) is 0.400. The van der Waals surface area contributed by atoms with Crippen LogP contribution in [0.1, 0.15) is 69.7 Å². The number of halogens is 1. The number of hydrogen-bond acceptors (Lipinski definition) is 6. The molecule has 1 fully saturated rings. The average molecular weight is 527 g/mol. The Kier molecular flexibility index (Phi) is 7.41. The zero-order chi connectivity index (χ0) is 24.2.